The Balaban J connectivity index is 2.71. The van der Waals surface area contributed by atoms with Crippen molar-refractivity contribution in [2.45, 2.75) is 45.1 Å². The van der Waals surface area contributed by atoms with Crippen molar-refractivity contribution in [3.05, 3.63) is 30.3 Å². The molecule has 0 saturated heterocycles. The second kappa shape index (κ2) is 6.65. The van der Waals surface area contributed by atoms with Crippen LogP contribution in [-0.2, 0) is 0 Å². The van der Waals surface area contributed by atoms with Crippen LogP contribution in [0.25, 0.3) is 0 Å². The van der Waals surface area contributed by atoms with E-state index in [1.807, 2.05) is 6.07 Å². The van der Waals surface area contributed by atoms with Gasteiger partial charge in [0.25, 0.3) is 0 Å². The molecule has 0 aromatic heterocycles. The van der Waals surface area contributed by atoms with Crippen LogP contribution in [-0.4, -0.2) is 19.1 Å². The van der Waals surface area contributed by atoms with Gasteiger partial charge >= 0.3 is 0 Å². The number of anilines is 1. The summed E-state index contributed by atoms with van der Waals surface area (Å²) in [5.74, 6) is 0. The lowest BCUT2D eigenvalue weighted by Crippen LogP contribution is -2.50. The molecule has 0 radical (unpaired) electrons. The Morgan fingerprint density at radius 2 is 1.82 bits per heavy atom. The zero-order valence-corrected chi connectivity index (χ0v) is 11.4. The third-order valence-corrected chi connectivity index (χ3v) is 3.71. The number of nitrogens with two attached hydrogens (primary N) is 1. The number of hydrogen-bond donors (Lipinski definition) is 1. The van der Waals surface area contributed by atoms with Gasteiger partial charge in [0.05, 0.1) is 0 Å². The maximum absolute atomic E-state index is 5.99. The van der Waals surface area contributed by atoms with Crippen LogP contribution in [0.4, 0.5) is 5.69 Å². The van der Waals surface area contributed by atoms with E-state index in [2.05, 4.69) is 50.1 Å². The van der Waals surface area contributed by atoms with Gasteiger partial charge in [-0.2, -0.15) is 0 Å². The number of rotatable bonds is 7. The van der Waals surface area contributed by atoms with Crippen LogP contribution in [0.2, 0.25) is 0 Å². The lowest BCUT2D eigenvalue weighted by molar-refractivity contribution is 0.400. The van der Waals surface area contributed by atoms with Crippen LogP contribution in [0, 0.1) is 0 Å². The highest BCUT2D eigenvalue weighted by Crippen LogP contribution is 2.26. The lowest BCUT2D eigenvalue weighted by atomic mass is 9.92. The van der Waals surface area contributed by atoms with E-state index in [0.29, 0.717) is 6.54 Å². The number of likely N-dealkylation sites (N-methyl/N-ethyl adjacent to an activating group) is 1. The van der Waals surface area contributed by atoms with Gasteiger partial charge in [0.1, 0.15) is 0 Å². The van der Waals surface area contributed by atoms with E-state index in [1.165, 1.54) is 24.9 Å². The quantitative estimate of drug-likeness (QED) is 0.732. The predicted molar refractivity (Wildman–Crippen MR) is 76.4 cm³/mol. The van der Waals surface area contributed by atoms with Crippen LogP contribution in [0.3, 0.4) is 0 Å². The fourth-order valence-electron chi connectivity index (χ4n) is 2.13. The van der Waals surface area contributed by atoms with Gasteiger partial charge in [-0.25, -0.2) is 0 Å². The Labute approximate surface area is 106 Å². The van der Waals surface area contributed by atoms with Crippen molar-refractivity contribution in [3.8, 4) is 0 Å². The molecule has 1 rings (SSSR count). The molecule has 0 heterocycles. The van der Waals surface area contributed by atoms with Gasteiger partial charge < -0.3 is 10.6 Å². The van der Waals surface area contributed by atoms with Crippen LogP contribution >= 0.6 is 0 Å². The van der Waals surface area contributed by atoms with Crippen molar-refractivity contribution in [1.82, 2.24) is 0 Å². The first kappa shape index (κ1) is 14.0. The molecule has 1 atom stereocenters. The maximum Gasteiger partial charge on any atom is 0.0492 e. The standard InChI is InChI=1S/C15H26N2/c1-4-5-9-12-15(2,13-16)17(3)14-10-7-6-8-11-14/h6-8,10-11H,4-5,9,12-13,16H2,1-3H3. The summed E-state index contributed by atoms with van der Waals surface area (Å²) in [6.07, 6.45) is 4.96. The first-order chi connectivity index (χ1) is 8.14. The Morgan fingerprint density at radius 3 is 2.35 bits per heavy atom. The van der Waals surface area contributed by atoms with E-state index < -0.39 is 0 Å². The average Bonchev–Trinajstić information content (AvgIpc) is 2.39. The van der Waals surface area contributed by atoms with Gasteiger partial charge in [0.15, 0.2) is 0 Å². The SMILES string of the molecule is CCCCCC(C)(CN)N(C)c1ccccc1. The van der Waals surface area contributed by atoms with Crippen LogP contribution in [0.5, 0.6) is 0 Å². The normalized spacial score (nSPS) is 14.4. The third-order valence-electron chi connectivity index (χ3n) is 3.71. The molecule has 2 heteroatoms. The van der Waals surface area contributed by atoms with E-state index >= 15 is 0 Å². The van der Waals surface area contributed by atoms with Crippen molar-refractivity contribution in [3.63, 3.8) is 0 Å². The molecule has 1 unspecified atom stereocenters. The smallest absolute Gasteiger partial charge is 0.0492 e. The second-order valence-electron chi connectivity index (χ2n) is 5.05. The van der Waals surface area contributed by atoms with Gasteiger partial charge in [-0.15, -0.1) is 0 Å². The minimum atomic E-state index is 0.0660. The molecule has 0 spiro atoms. The van der Waals surface area contributed by atoms with Crippen molar-refractivity contribution in [2.75, 3.05) is 18.5 Å². The highest BCUT2D eigenvalue weighted by molar-refractivity contribution is 5.47. The Morgan fingerprint density at radius 1 is 1.18 bits per heavy atom. The topological polar surface area (TPSA) is 29.3 Å². The molecule has 0 bridgehead atoms. The zero-order valence-electron chi connectivity index (χ0n) is 11.4. The Hall–Kier alpha value is -1.02. The fraction of sp³-hybridized carbons (Fsp3) is 0.600. The van der Waals surface area contributed by atoms with Gasteiger partial charge in [-0.05, 0) is 25.5 Å². The molecule has 1 aromatic rings. The zero-order chi connectivity index (χ0) is 12.7. The van der Waals surface area contributed by atoms with E-state index in [-0.39, 0.29) is 5.54 Å². The van der Waals surface area contributed by atoms with E-state index in [1.54, 1.807) is 0 Å². The molecule has 0 fully saturated rings. The van der Waals surface area contributed by atoms with Gasteiger partial charge in [-0.1, -0.05) is 44.4 Å². The van der Waals surface area contributed by atoms with Gasteiger partial charge in [0, 0.05) is 24.8 Å². The summed E-state index contributed by atoms with van der Waals surface area (Å²) in [4.78, 5) is 2.32. The molecule has 0 aliphatic rings. The second-order valence-corrected chi connectivity index (χ2v) is 5.05. The molecule has 0 saturated carbocycles. The Bertz CT molecular complexity index is 310. The monoisotopic (exact) mass is 234 g/mol. The summed E-state index contributed by atoms with van der Waals surface area (Å²) >= 11 is 0. The highest BCUT2D eigenvalue weighted by Gasteiger charge is 2.27. The van der Waals surface area contributed by atoms with E-state index in [4.69, 9.17) is 5.73 Å². The van der Waals surface area contributed by atoms with Gasteiger partial charge in [0.2, 0.25) is 0 Å². The number of hydrogen-bond acceptors (Lipinski definition) is 2. The summed E-state index contributed by atoms with van der Waals surface area (Å²) in [5, 5.41) is 0. The van der Waals surface area contributed by atoms with Crippen molar-refractivity contribution >= 4 is 5.69 Å². The summed E-state index contributed by atoms with van der Waals surface area (Å²) in [5.41, 5.74) is 7.30. The molecule has 96 valence electrons. The maximum atomic E-state index is 5.99. The highest BCUT2D eigenvalue weighted by atomic mass is 15.2. The van der Waals surface area contributed by atoms with Crippen LogP contribution < -0.4 is 10.6 Å². The van der Waals surface area contributed by atoms with Crippen molar-refractivity contribution in [1.29, 1.82) is 0 Å². The summed E-state index contributed by atoms with van der Waals surface area (Å²) in [6.45, 7) is 5.19. The number of para-hydroxylation sites is 1. The summed E-state index contributed by atoms with van der Waals surface area (Å²) in [6, 6.07) is 10.5. The fourth-order valence-corrected chi connectivity index (χ4v) is 2.13. The molecule has 1 aromatic carbocycles. The molecule has 0 aliphatic carbocycles. The predicted octanol–water partition coefficient (Wildman–Crippen LogP) is 3.42. The lowest BCUT2D eigenvalue weighted by Gasteiger charge is -2.40. The molecule has 0 amide bonds. The van der Waals surface area contributed by atoms with Crippen LogP contribution in [0.15, 0.2) is 30.3 Å². The molecular weight excluding hydrogens is 208 g/mol. The third kappa shape index (κ3) is 3.74. The van der Waals surface area contributed by atoms with E-state index in [0.717, 1.165) is 6.42 Å². The van der Waals surface area contributed by atoms with Crippen molar-refractivity contribution in [2.24, 2.45) is 5.73 Å². The average molecular weight is 234 g/mol. The summed E-state index contributed by atoms with van der Waals surface area (Å²) in [7, 11) is 2.15. The molecule has 2 N–H and O–H groups in total. The molecular formula is C15H26N2. The summed E-state index contributed by atoms with van der Waals surface area (Å²) < 4.78 is 0. The molecule has 17 heavy (non-hydrogen) atoms. The first-order valence-electron chi connectivity index (χ1n) is 6.63. The first-order valence-corrected chi connectivity index (χ1v) is 6.63. The number of benzene rings is 1. The largest absolute Gasteiger partial charge is 0.368 e. The minimum absolute atomic E-state index is 0.0660. The molecule has 2 nitrogen and oxygen atoms in total. The molecule has 0 aliphatic heterocycles. The van der Waals surface area contributed by atoms with E-state index in [9.17, 15) is 0 Å². The minimum Gasteiger partial charge on any atom is -0.368 e. The van der Waals surface area contributed by atoms with Crippen LogP contribution in [0.1, 0.15) is 39.5 Å². The van der Waals surface area contributed by atoms with Crippen molar-refractivity contribution < 1.29 is 0 Å². The number of nitrogens with zero attached hydrogens (tertiary/aromatic N) is 1. The Kier molecular flexibility index (Phi) is 5.49. The van der Waals surface area contributed by atoms with Gasteiger partial charge in [-0.3, -0.25) is 0 Å². The number of unbranched alkanes of at least 4 members (excludes halogenated alkanes) is 2.